The number of amides is 2. The fraction of sp³-hybridized carbons (Fsp3) is 0.604. The highest BCUT2D eigenvalue weighted by Crippen LogP contribution is 2.53. The number of carbonyl (C=O) groups is 6. The smallest absolute Gasteiger partial charge is 0.338 e. The molecule has 1 atom stereocenters. The molecule has 36 heteroatoms. The second-order valence-corrected chi connectivity index (χ2v) is 84.3. The van der Waals surface area contributed by atoms with Gasteiger partial charge in [0, 0.05) is 54.7 Å². The summed E-state index contributed by atoms with van der Waals surface area (Å²) >= 11 is 13.4. The number of ether oxygens (including phenoxy) is 4. The van der Waals surface area contributed by atoms with Gasteiger partial charge < -0.3 is 66.2 Å². The first-order valence-corrected chi connectivity index (χ1v) is 80.2. The minimum atomic E-state index is -4.11. The number of thiocarbonyl (C=S) groups is 2. The molecule has 0 aliphatic carbocycles. The molecule has 2 saturated heterocycles. The van der Waals surface area contributed by atoms with Crippen LogP contribution in [0.2, 0.25) is 155 Å². The summed E-state index contributed by atoms with van der Waals surface area (Å²) in [5, 5.41) is 0.216. The Morgan fingerprint density at radius 3 is 1.10 bits per heavy atom. The van der Waals surface area contributed by atoms with Crippen molar-refractivity contribution in [3.05, 3.63) is 170 Å². The SMILES string of the molecule is C.C.CCCC[Si](C)(C)O[Si](C)(C)O[Si](C)(C)O[Si](C)(C)O[Si](C)(C)CCCOC(=O)c1ccc(CCC(SC(=S)OCC)N2CCCC2=O)cc1.CCCC[Si](C)(C)O[Si](C)(C)O[Si](C)(C)O[Si](C)(C)O[Si](C)(C)CCCOC(=O)c1ccc(CSC(=S)OCC)cc1.CCN1CCCC1=O.Cc1cc(C)c(C(=O)P(=O)(C(=O)c2c(C)cc(C)cc2C)c2ccccc2)c(C)c1. The predicted octanol–water partition coefficient (Wildman–Crippen LogP) is 26.8. The second kappa shape index (κ2) is 56.4. The van der Waals surface area contributed by atoms with Gasteiger partial charge in [-0.15, -0.1) is 0 Å². The van der Waals surface area contributed by atoms with Gasteiger partial charge in [-0.3, -0.25) is 19.2 Å². The molecule has 1 unspecified atom stereocenters. The molecule has 5 aromatic rings. The maximum Gasteiger partial charge on any atom is 0.338 e. The van der Waals surface area contributed by atoms with Gasteiger partial charge in [-0.1, -0.05) is 168 Å². The number of benzene rings is 5. The highest BCUT2D eigenvalue weighted by atomic mass is 32.2. The Bertz CT molecular complexity index is 4450. The number of rotatable bonds is 47. The second-order valence-electron chi connectivity index (χ2n) is 39.0. The molecular formula is C96H167N2O19PS4Si10. The number of aryl methyl sites for hydroxylation is 7. The Labute approximate surface area is 827 Å². The molecule has 132 heavy (non-hydrogen) atoms. The predicted molar refractivity (Wildman–Crippen MR) is 584 cm³/mol. The number of nitrogens with zero attached hydrogens (tertiary/aromatic N) is 2. The van der Waals surface area contributed by atoms with E-state index in [9.17, 15) is 33.3 Å². The fourth-order valence-corrected chi connectivity index (χ4v) is 71.6. The van der Waals surface area contributed by atoms with Gasteiger partial charge >= 0.3 is 63.3 Å². The minimum Gasteiger partial charge on any atom is -0.479 e. The number of thioether (sulfide) groups is 2. The van der Waals surface area contributed by atoms with Crippen molar-refractivity contribution in [2.75, 3.05) is 46.1 Å². The number of unbranched alkanes of at least 4 members (excludes halogenated alkanes) is 2. The number of esters is 2. The number of hydrogen-bond donors (Lipinski definition) is 0. The first-order chi connectivity index (χ1) is 60.2. The lowest BCUT2D eigenvalue weighted by atomic mass is 10.0. The van der Waals surface area contributed by atoms with Crippen LogP contribution in [0, 0.1) is 41.5 Å². The van der Waals surface area contributed by atoms with Crippen molar-refractivity contribution in [2.45, 2.75) is 334 Å². The van der Waals surface area contributed by atoms with Crippen LogP contribution in [0.1, 0.15) is 206 Å². The fourth-order valence-electron chi connectivity index (χ4n) is 17.1. The molecule has 744 valence electrons. The van der Waals surface area contributed by atoms with Crippen molar-refractivity contribution in [2.24, 2.45) is 0 Å². The molecule has 0 spiro atoms. The van der Waals surface area contributed by atoms with Crippen LogP contribution >= 0.6 is 55.1 Å². The molecule has 0 N–H and O–H groups in total. The molecule has 0 saturated carbocycles. The first-order valence-electron chi connectivity index (χ1n) is 46.4. The van der Waals surface area contributed by atoms with Gasteiger partial charge in [-0.05, 0) is 338 Å². The molecule has 2 aliphatic heterocycles. The summed E-state index contributed by atoms with van der Waals surface area (Å²) < 4.78 is 91.1. The molecule has 2 fully saturated rings. The van der Waals surface area contributed by atoms with E-state index in [2.05, 4.69) is 145 Å². The Morgan fingerprint density at radius 1 is 0.432 bits per heavy atom. The molecular weight excluding hydrogens is 1930 g/mol. The Hall–Kier alpha value is -4.12. The summed E-state index contributed by atoms with van der Waals surface area (Å²) in [5.74, 6) is 0.565. The average molecular weight is 2090 g/mol. The quantitative estimate of drug-likeness (QED) is 0.0116. The van der Waals surface area contributed by atoms with Gasteiger partial charge in [0.15, 0.2) is 33.3 Å². The summed E-state index contributed by atoms with van der Waals surface area (Å²) in [6, 6.07) is 35.0. The van der Waals surface area contributed by atoms with Crippen molar-refractivity contribution in [1.82, 2.24) is 9.80 Å². The molecule has 7 rings (SSSR count). The van der Waals surface area contributed by atoms with Crippen molar-refractivity contribution in [3.63, 3.8) is 0 Å². The molecule has 2 aliphatic rings. The molecule has 0 radical (unpaired) electrons. The number of carbonyl (C=O) groups excluding carboxylic acids is 6. The highest BCUT2D eigenvalue weighted by molar-refractivity contribution is 8.23. The van der Waals surface area contributed by atoms with E-state index in [1.165, 1.54) is 49.2 Å². The van der Waals surface area contributed by atoms with E-state index in [0.29, 0.717) is 75.5 Å². The first kappa shape index (κ1) is 124. The average Bonchev–Trinajstić information content (AvgIpc) is 0.831. The molecule has 2 heterocycles. The van der Waals surface area contributed by atoms with Crippen LogP contribution in [0.4, 0.5) is 0 Å². The minimum absolute atomic E-state index is 0. The van der Waals surface area contributed by atoms with E-state index in [1.807, 2.05) is 133 Å². The zero-order chi connectivity index (χ0) is 98.2. The molecule has 0 aromatic heterocycles. The van der Waals surface area contributed by atoms with E-state index in [1.54, 1.807) is 42.5 Å². The van der Waals surface area contributed by atoms with Crippen LogP contribution in [0.25, 0.3) is 0 Å². The van der Waals surface area contributed by atoms with E-state index in [-0.39, 0.29) is 43.4 Å². The maximum absolute atomic E-state index is 14.5. The largest absolute Gasteiger partial charge is 0.479 e. The Morgan fingerprint density at radius 2 is 0.773 bits per heavy atom. The summed E-state index contributed by atoms with van der Waals surface area (Å²) in [6.45, 7) is 69.4. The summed E-state index contributed by atoms with van der Waals surface area (Å²) in [5.41, 5.74) is 7.80. The van der Waals surface area contributed by atoms with Gasteiger partial charge in [0.1, 0.15) is 0 Å². The van der Waals surface area contributed by atoms with Crippen molar-refractivity contribution in [3.8, 4) is 0 Å². The zero-order valence-electron chi connectivity index (χ0n) is 84.6. The van der Waals surface area contributed by atoms with Gasteiger partial charge in [0.25, 0.3) is 0 Å². The summed E-state index contributed by atoms with van der Waals surface area (Å²) in [6.07, 6.45) is 11.0. The van der Waals surface area contributed by atoms with Gasteiger partial charge in [0.05, 0.1) is 42.9 Å². The highest BCUT2D eigenvalue weighted by Gasteiger charge is 2.49. The Balaban J connectivity index is 0.000000650. The van der Waals surface area contributed by atoms with Crippen molar-refractivity contribution < 1.29 is 85.2 Å². The standard InChI is InChI=1S/C34H65NO8S2Si5.C28H56O7S2Si5.C26H27O3P.C6H11NO.2CH4/c1-13-15-27-46(3,4)40-48(7,8)42-50(11,12)43-49(9,10)41-47(5,6)28-17-26-39-33(37)30-22-19-29(20-23-30)21-24-32(45-34(44)38-14-2)35-25-16-18-31(35)36;1-13-15-22-38(3,4)32-40(7,8)34-42(11,12)35-41(9,10)33-39(5,6)23-16-21-31-27(29)26-19-17-25(18-20-26)24-37-28(36)30-14-2;1-16-12-18(3)23(19(4)13-16)25(27)30(29,22-10-8-7-9-11-22)26(28)24-20(5)14-17(2)15-21(24)6;1-2-7-5-3-4-6(7)8;;/h19-20,22-23,32H,13-18,21,24-28H2,1-12H3;17-20H,13-16,21-24H2,1-12H3;7-15H,1-6H3;2-5H2,1H3;2*1H4. The summed E-state index contributed by atoms with van der Waals surface area (Å²) in [7, 11) is -26.5. The third-order valence-corrected chi connectivity index (χ3v) is 65.4. The van der Waals surface area contributed by atoms with Crippen molar-refractivity contribution in [1.29, 1.82) is 0 Å². The Kier molecular flexibility index (Phi) is 52.9. The monoisotopic (exact) mass is 2090 g/mol. The lowest BCUT2D eigenvalue weighted by molar-refractivity contribution is -0.128. The van der Waals surface area contributed by atoms with Crippen LogP contribution in [0.5, 0.6) is 0 Å². The lowest BCUT2D eigenvalue weighted by Gasteiger charge is -2.42. The third-order valence-electron chi connectivity index (χ3n) is 21.3. The molecule has 5 aromatic carbocycles. The van der Waals surface area contributed by atoms with Crippen LogP contribution in [-0.2, 0) is 78.2 Å². The summed E-state index contributed by atoms with van der Waals surface area (Å²) in [4.78, 5) is 80.0. The van der Waals surface area contributed by atoms with Crippen LogP contribution in [0.15, 0.2) is 103 Å². The van der Waals surface area contributed by atoms with Gasteiger partial charge in [0.2, 0.25) is 38.8 Å². The topological polar surface area (TPSA) is 237 Å². The maximum atomic E-state index is 14.5. The van der Waals surface area contributed by atoms with E-state index in [4.69, 9.17) is 76.3 Å². The van der Waals surface area contributed by atoms with E-state index in [0.717, 1.165) is 133 Å². The molecule has 21 nitrogen and oxygen atoms in total. The van der Waals surface area contributed by atoms with Crippen molar-refractivity contribution >= 4 is 189 Å². The normalized spacial score (nSPS) is 13.8. The third kappa shape index (κ3) is 44.6. The lowest BCUT2D eigenvalue weighted by Crippen LogP contribution is -2.58. The van der Waals surface area contributed by atoms with E-state index < -0.39 is 103 Å². The zero-order valence-corrected chi connectivity index (χ0v) is 98.8. The van der Waals surface area contributed by atoms with E-state index >= 15 is 0 Å². The van der Waals surface area contributed by atoms with Crippen LogP contribution in [-0.4, -0.2) is 189 Å². The van der Waals surface area contributed by atoms with Gasteiger partial charge in [-0.2, -0.15) is 0 Å². The van der Waals surface area contributed by atoms with Gasteiger partial charge in [-0.25, -0.2) is 9.59 Å². The molecule has 0 bridgehead atoms. The van der Waals surface area contributed by atoms with Crippen LogP contribution < -0.4 is 5.30 Å². The number of likely N-dealkylation sites (tertiary alicyclic amines) is 2. The number of hydrogen-bond acceptors (Lipinski definition) is 23. The van der Waals surface area contributed by atoms with Crippen LogP contribution in [0.3, 0.4) is 0 Å². The molecule has 2 amide bonds.